The number of aliphatic hydroxyl groups excluding tert-OH is 1. The largest absolute Gasteiger partial charge is 0.508 e. The first kappa shape index (κ1) is 34.5. The summed E-state index contributed by atoms with van der Waals surface area (Å²) in [4.78, 5) is 50.9. The molecule has 8 atom stereocenters. The van der Waals surface area contributed by atoms with Gasteiger partial charge in [0.05, 0.1) is 36.1 Å². The molecule has 8 unspecified atom stereocenters. The van der Waals surface area contributed by atoms with E-state index in [9.17, 15) is 29.4 Å². The molecular formula is C38H44O11. The van der Waals surface area contributed by atoms with Crippen LogP contribution < -0.4 is 0 Å². The first-order valence-electron chi connectivity index (χ1n) is 16.6. The van der Waals surface area contributed by atoms with Gasteiger partial charge in [-0.05, 0) is 88.3 Å². The van der Waals surface area contributed by atoms with Crippen LogP contribution in [-0.2, 0) is 28.6 Å². The highest BCUT2D eigenvalue weighted by atomic mass is 16.6. The predicted octanol–water partition coefficient (Wildman–Crippen LogP) is 6.02. The van der Waals surface area contributed by atoms with Crippen LogP contribution in [0.5, 0.6) is 11.5 Å². The van der Waals surface area contributed by atoms with Crippen LogP contribution in [0, 0.1) is 34.5 Å². The lowest BCUT2D eigenvalue weighted by Crippen LogP contribution is -2.70. The number of carbonyl (C=O) groups excluding carboxylic acids is 4. The Kier molecular flexibility index (Phi) is 7.79. The minimum absolute atomic E-state index is 0.0453. The average molecular weight is 677 g/mol. The van der Waals surface area contributed by atoms with Crippen LogP contribution in [0.25, 0.3) is 0 Å². The molecule has 3 N–H and O–H groups in total. The van der Waals surface area contributed by atoms with Gasteiger partial charge in [-0.2, -0.15) is 0 Å². The molecule has 0 amide bonds. The van der Waals surface area contributed by atoms with E-state index in [0.717, 1.165) is 11.6 Å². The number of aliphatic hydroxyl groups is 1. The molecule has 49 heavy (non-hydrogen) atoms. The summed E-state index contributed by atoms with van der Waals surface area (Å²) in [6.45, 7) is 14.4. The van der Waals surface area contributed by atoms with Crippen LogP contribution in [0.2, 0.25) is 0 Å². The summed E-state index contributed by atoms with van der Waals surface area (Å²) in [7, 11) is 0. The summed E-state index contributed by atoms with van der Waals surface area (Å²) < 4.78 is 22.7. The molecule has 0 radical (unpaired) electrons. The molecule has 5 aliphatic rings. The van der Waals surface area contributed by atoms with Crippen LogP contribution in [0.15, 0.2) is 58.6 Å². The van der Waals surface area contributed by atoms with Gasteiger partial charge in [-0.25, -0.2) is 4.79 Å². The van der Waals surface area contributed by atoms with Gasteiger partial charge in [0.2, 0.25) is 5.78 Å². The van der Waals surface area contributed by atoms with E-state index in [1.165, 1.54) is 13.0 Å². The highest BCUT2D eigenvalue weighted by Crippen LogP contribution is 2.81. The van der Waals surface area contributed by atoms with Crippen molar-refractivity contribution in [2.45, 2.75) is 92.0 Å². The van der Waals surface area contributed by atoms with Crippen molar-refractivity contribution in [3.8, 4) is 11.5 Å². The number of allylic oxidation sites excluding steroid dienone is 4. The normalized spacial score (nSPS) is 36.4. The Morgan fingerprint density at radius 2 is 1.76 bits per heavy atom. The molecule has 1 aromatic carbocycles. The van der Waals surface area contributed by atoms with Crippen LogP contribution in [-0.4, -0.2) is 63.2 Å². The van der Waals surface area contributed by atoms with Crippen molar-refractivity contribution >= 4 is 23.5 Å². The molecule has 1 aromatic heterocycles. The van der Waals surface area contributed by atoms with Crippen LogP contribution in [0.1, 0.15) is 88.7 Å². The second-order valence-corrected chi connectivity index (χ2v) is 15.2. The van der Waals surface area contributed by atoms with Gasteiger partial charge >= 0.3 is 11.9 Å². The van der Waals surface area contributed by atoms with E-state index in [0.29, 0.717) is 24.0 Å². The maximum Gasteiger partial charge on any atom is 0.342 e. The summed E-state index contributed by atoms with van der Waals surface area (Å²) >= 11 is 0. The number of hydrogen-bond acceptors (Lipinski definition) is 11. The summed E-state index contributed by atoms with van der Waals surface area (Å²) in [5.41, 5.74) is -2.47. The van der Waals surface area contributed by atoms with Gasteiger partial charge < -0.3 is 33.9 Å². The van der Waals surface area contributed by atoms with Crippen molar-refractivity contribution in [1.82, 2.24) is 0 Å². The highest BCUT2D eigenvalue weighted by Gasteiger charge is 2.89. The highest BCUT2D eigenvalue weighted by molar-refractivity contribution is 6.06. The van der Waals surface area contributed by atoms with E-state index in [-0.39, 0.29) is 47.2 Å². The molecule has 2 heterocycles. The number of ether oxygens (including phenoxy) is 3. The molecule has 1 saturated heterocycles. The second-order valence-electron chi connectivity index (χ2n) is 15.2. The number of hydrogen-bond donors (Lipinski definition) is 3. The molecule has 3 fully saturated rings. The second kappa shape index (κ2) is 11.1. The maximum absolute atomic E-state index is 14.3. The van der Waals surface area contributed by atoms with Gasteiger partial charge in [0.15, 0.2) is 11.5 Å². The Bertz CT molecular complexity index is 1790. The molecule has 4 aliphatic carbocycles. The molecule has 1 spiro atoms. The van der Waals surface area contributed by atoms with Gasteiger partial charge in [-0.3, -0.25) is 14.4 Å². The fourth-order valence-electron chi connectivity index (χ4n) is 10.4. The molecule has 2 saturated carbocycles. The van der Waals surface area contributed by atoms with E-state index in [1.54, 1.807) is 52.4 Å². The van der Waals surface area contributed by atoms with E-state index in [4.69, 9.17) is 23.7 Å². The fraction of sp³-hybridized carbons (Fsp3) is 0.526. The number of fused-ring (bicyclic) bond motifs is 3. The summed E-state index contributed by atoms with van der Waals surface area (Å²) in [5, 5.41) is 30.0. The molecule has 0 bridgehead atoms. The lowest BCUT2D eigenvalue weighted by Gasteiger charge is -2.64. The first-order valence-corrected chi connectivity index (χ1v) is 16.6. The monoisotopic (exact) mass is 676 g/mol. The van der Waals surface area contributed by atoms with Crippen molar-refractivity contribution < 1.29 is 53.1 Å². The molecule has 262 valence electrons. The summed E-state index contributed by atoms with van der Waals surface area (Å²) in [6.07, 6.45) is 7.17. The molecular weight excluding hydrogens is 632 g/mol. The van der Waals surface area contributed by atoms with Crippen molar-refractivity contribution in [2.75, 3.05) is 6.61 Å². The summed E-state index contributed by atoms with van der Waals surface area (Å²) in [5.74, 6) is -2.76. The number of furan rings is 1. The Labute approximate surface area is 284 Å². The third-order valence-corrected chi connectivity index (χ3v) is 12.2. The number of benzene rings is 1. The Hall–Kier alpha value is -4.38. The Balaban J connectivity index is 0.000000251. The van der Waals surface area contributed by atoms with Gasteiger partial charge in [-0.1, -0.05) is 19.9 Å². The van der Waals surface area contributed by atoms with Gasteiger partial charge in [0.25, 0.3) is 0 Å². The SMILES string of the molecule is CC(=O)OC1CC2(C)C(c3ccoc3)CC3OC32C2(C)C(=O)C(O)=C3C(C)(C)C(=O)C=CC3(C)C12.CCOC(=O)c1c(C)cc(O)cc1O. The van der Waals surface area contributed by atoms with Crippen LogP contribution >= 0.6 is 0 Å². The van der Waals surface area contributed by atoms with Crippen LogP contribution in [0.4, 0.5) is 0 Å². The number of aryl methyl sites for hydroxylation is 1. The smallest absolute Gasteiger partial charge is 0.342 e. The third-order valence-electron chi connectivity index (χ3n) is 12.2. The number of carbonyl (C=O) groups is 4. The van der Waals surface area contributed by atoms with Crippen molar-refractivity contribution in [3.05, 3.63) is 70.9 Å². The van der Waals surface area contributed by atoms with Crippen molar-refractivity contribution in [3.63, 3.8) is 0 Å². The number of ketones is 2. The number of phenolic OH excluding ortho intramolecular Hbond substituents is 2. The minimum Gasteiger partial charge on any atom is -0.508 e. The molecule has 11 nitrogen and oxygen atoms in total. The van der Waals surface area contributed by atoms with E-state index < -0.39 is 57.0 Å². The van der Waals surface area contributed by atoms with Gasteiger partial charge in [-0.15, -0.1) is 0 Å². The Morgan fingerprint density at radius 3 is 2.35 bits per heavy atom. The van der Waals surface area contributed by atoms with Crippen molar-refractivity contribution in [1.29, 1.82) is 0 Å². The minimum atomic E-state index is -1.17. The zero-order valence-corrected chi connectivity index (χ0v) is 29.1. The zero-order valence-electron chi connectivity index (χ0n) is 29.1. The lowest BCUT2D eigenvalue weighted by atomic mass is 9.38. The molecule has 7 rings (SSSR count). The number of phenols is 2. The number of epoxide rings is 1. The van der Waals surface area contributed by atoms with E-state index >= 15 is 0 Å². The van der Waals surface area contributed by atoms with E-state index in [2.05, 4.69) is 6.92 Å². The predicted molar refractivity (Wildman–Crippen MR) is 175 cm³/mol. The quantitative estimate of drug-likeness (QED) is 0.255. The summed E-state index contributed by atoms with van der Waals surface area (Å²) in [6, 6.07) is 4.45. The third kappa shape index (κ3) is 4.50. The number of Topliss-reactive ketones (excluding diaryl/α,β-unsaturated/α-hetero) is 1. The number of esters is 2. The van der Waals surface area contributed by atoms with Gasteiger partial charge in [0.1, 0.15) is 28.8 Å². The topological polar surface area (TPSA) is 173 Å². The van der Waals surface area contributed by atoms with Gasteiger partial charge in [0, 0.05) is 29.7 Å². The number of rotatable bonds is 4. The maximum atomic E-state index is 14.3. The first-order chi connectivity index (χ1) is 22.8. The number of aromatic hydroxyl groups is 2. The van der Waals surface area contributed by atoms with Crippen LogP contribution in [0.3, 0.4) is 0 Å². The molecule has 2 aromatic rings. The lowest BCUT2D eigenvalue weighted by molar-refractivity contribution is -0.200. The Morgan fingerprint density at radius 1 is 1.06 bits per heavy atom. The molecule has 11 heteroatoms. The van der Waals surface area contributed by atoms with Crippen molar-refractivity contribution in [2.24, 2.45) is 27.6 Å². The fourth-order valence-corrected chi connectivity index (χ4v) is 10.4. The molecule has 1 aliphatic heterocycles. The zero-order chi connectivity index (χ0) is 36.1. The standard InChI is InChI=1S/C28H32O7.C10H12O4/c1-14(29)34-17-12-26(5)16(15-8-10-33-13-15)11-19-28(26,35-19)27(6)21(17)25(4)9-7-18(30)24(2,3)22(25)20(31)23(27)32;1-3-14-10(13)9-6(2)4-7(11)5-8(9)12/h7-10,13,16-17,19,21,31H,11-12H2,1-6H3;4-5,11-12H,3H2,1-2H3. The average Bonchev–Trinajstić information content (AvgIpc) is 3.35. The van der Waals surface area contributed by atoms with E-state index in [1.807, 2.05) is 19.9 Å².